The number of benzene rings is 1. The molecular weight excluding hydrogens is 336 g/mol. The van der Waals surface area contributed by atoms with E-state index in [0.29, 0.717) is 36.2 Å². The van der Waals surface area contributed by atoms with Crippen LogP contribution < -0.4 is 19.9 Å². The highest BCUT2D eigenvalue weighted by atomic mass is 16.5. The SMILES string of the molecule is COCCOc1ccc([C@@H]2C(C#N)=C(N)Oc3n[nH]c(C)c32)cc1OC. The van der Waals surface area contributed by atoms with Crippen molar-refractivity contribution in [1.82, 2.24) is 10.2 Å². The molecule has 2 aromatic rings. The quantitative estimate of drug-likeness (QED) is 0.760. The lowest BCUT2D eigenvalue weighted by molar-refractivity contribution is 0.144. The third-order valence-corrected chi connectivity index (χ3v) is 4.20. The molecule has 136 valence electrons. The largest absolute Gasteiger partial charge is 0.493 e. The van der Waals surface area contributed by atoms with E-state index >= 15 is 0 Å². The lowest BCUT2D eigenvalue weighted by Crippen LogP contribution is -2.21. The van der Waals surface area contributed by atoms with Crippen LogP contribution in [0.3, 0.4) is 0 Å². The number of nitrogens with two attached hydrogens (primary N) is 1. The molecule has 3 rings (SSSR count). The summed E-state index contributed by atoms with van der Waals surface area (Å²) in [5.74, 6) is 1.19. The Morgan fingerprint density at radius 1 is 1.31 bits per heavy atom. The molecule has 0 saturated heterocycles. The van der Waals surface area contributed by atoms with Crippen LogP contribution >= 0.6 is 0 Å². The lowest BCUT2D eigenvalue weighted by Gasteiger charge is -2.24. The molecule has 2 heterocycles. The van der Waals surface area contributed by atoms with Gasteiger partial charge in [-0.05, 0) is 24.6 Å². The van der Waals surface area contributed by atoms with Gasteiger partial charge in [0.15, 0.2) is 11.5 Å². The Hall–Kier alpha value is -3.18. The summed E-state index contributed by atoms with van der Waals surface area (Å²) in [6.45, 7) is 2.75. The third-order valence-electron chi connectivity index (χ3n) is 4.20. The summed E-state index contributed by atoms with van der Waals surface area (Å²) in [7, 11) is 3.18. The molecule has 3 N–H and O–H groups in total. The molecular formula is C18H20N4O4. The van der Waals surface area contributed by atoms with Crippen LogP contribution in [-0.4, -0.2) is 37.6 Å². The highest BCUT2D eigenvalue weighted by Crippen LogP contribution is 2.44. The van der Waals surface area contributed by atoms with E-state index < -0.39 is 5.92 Å². The number of fused-ring (bicyclic) bond motifs is 1. The van der Waals surface area contributed by atoms with Crippen molar-refractivity contribution in [2.75, 3.05) is 27.4 Å². The minimum absolute atomic E-state index is 0.0517. The number of rotatable bonds is 6. The minimum Gasteiger partial charge on any atom is -0.493 e. The molecule has 1 aliphatic rings. The fourth-order valence-corrected chi connectivity index (χ4v) is 2.95. The van der Waals surface area contributed by atoms with Gasteiger partial charge in [-0.25, -0.2) is 0 Å². The molecule has 0 radical (unpaired) electrons. The van der Waals surface area contributed by atoms with E-state index in [4.69, 9.17) is 24.7 Å². The van der Waals surface area contributed by atoms with Crippen LogP contribution in [-0.2, 0) is 4.74 Å². The average molecular weight is 356 g/mol. The molecule has 8 nitrogen and oxygen atoms in total. The maximum Gasteiger partial charge on any atom is 0.244 e. The maximum absolute atomic E-state index is 9.60. The normalized spacial score (nSPS) is 15.8. The predicted molar refractivity (Wildman–Crippen MR) is 93.0 cm³/mol. The van der Waals surface area contributed by atoms with Gasteiger partial charge in [-0.3, -0.25) is 5.10 Å². The number of hydrogen-bond donors (Lipinski definition) is 2. The summed E-state index contributed by atoms with van der Waals surface area (Å²) in [5, 5.41) is 16.6. The zero-order valence-corrected chi connectivity index (χ0v) is 14.8. The van der Waals surface area contributed by atoms with Crippen molar-refractivity contribution >= 4 is 0 Å². The van der Waals surface area contributed by atoms with Crippen molar-refractivity contribution in [2.24, 2.45) is 5.73 Å². The molecule has 0 saturated carbocycles. The van der Waals surface area contributed by atoms with Gasteiger partial charge in [-0.1, -0.05) is 6.07 Å². The Bertz CT molecular complexity index is 882. The van der Waals surface area contributed by atoms with Gasteiger partial charge < -0.3 is 24.7 Å². The number of aromatic nitrogens is 2. The Balaban J connectivity index is 2.04. The Morgan fingerprint density at radius 2 is 2.12 bits per heavy atom. The zero-order valence-electron chi connectivity index (χ0n) is 14.8. The topological polar surface area (TPSA) is 115 Å². The predicted octanol–water partition coefficient (Wildman–Crippen LogP) is 1.97. The molecule has 0 unspecified atom stereocenters. The van der Waals surface area contributed by atoms with E-state index in [9.17, 15) is 5.26 Å². The number of aryl methyl sites for hydroxylation is 1. The molecule has 8 heteroatoms. The summed E-state index contributed by atoms with van der Waals surface area (Å²) in [6.07, 6.45) is 0. The third kappa shape index (κ3) is 3.05. The first-order chi connectivity index (χ1) is 12.6. The summed E-state index contributed by atoms with van der Waals surface area (Å²) in [4.78, 5) is 0. The second kappa shape index (κ2) is 7.37. The number of hydrogen-bond acceptors (Lipinski definition) is 7. The number of aromatic amines is 1. The number of ether oxygens (including phenoxy) is 4. The average Bonchev–Trinajstić information content (AvgIpc) is 3.01. The van der Waals surface area contributed by atoms with Gasteiger partial charge in [0.1, 0.15) is 18.2 Å². The van der Waals surface area contributed by atoms with Gasteiger partial charge in [0.05, 0.1) is 19.6 Å². The first-order valence-electron chi connectivity index (χ1n) is 8.02. The Labute approximate surface area is 151 Å². The molecule has 1 aromatic heterocycles. The highest BCUT2D eigenvalue weighted by Gasteiger charge is 2.34. The molecule has 1 atom stereocenters. The second-order valence-corrected chi connectivity index (χ2v) is 5.74. The van der Waals surface area contributed by atoms with Gasteiger partial charge in [0.2, 0.25) is 11.8 Å². The molecule has 0 spiro atoms. The van der Waals surface area contributed by atoms with Crippen LogP contribution in [0.1, 0.15) is 22.7 Å². The van der Waals surface area contributed by atoms with Gasteiger partial charge in [0.25, 0.3) is 0 Å². The summed E-state index contributed by atoms with van der Waals surface area (Å²) < 4.78 is 21.6. The molecule has 1 aliphatic heterocycles. The van der Waals surface area contributed by atoms with E-state index in [1.54, 1.807) is 20.3 Å². The van der Waals surface area contributed by atoms with Crippen molar-refractivity contribution in [3.8, 4) is 23.4 Å². The number of methoxy groups -OCH3 is 2. The minimum atomic E-state index is -0.399. The van der Waals surface area contributed by atoms with Crippen LogP contribution in [0.5, 0.6) is 17.4 Å². The molecule has 26 heavy (non-hydrogen) atoms. The molecule has 1 aromatic carbocycles. The van der Waals surface area contributed by atoms with Crippen molar-refractivity contribution in [2.45, 2.75) is 12.8 Å². The van der Waals surface area contributed by atoms with Gasteiger partial charge in [-0.15, -0.1) is 5.10 Å². The monoisotopic (exact) mass is 356 g/mol. The zero-order chi connectivity index (χ0) is 18.7. The molecule has 0 aliphatic carbocycles. The Kier molecular flexibility index (Phi) is 5.00. The standard InChI is InChI=1S/C18H20N4O4/c1-10-15-16(12(9-19)17(20)26-18(15)22-21-10)11-4-5-13(14(8-11)24-3)25-7-6-23-2/h4-5,8,16H,6-7,20H2,1-3H3,(H,21,22)/t16-/m1/s1. The maximum atomic E-state index is 9.60. The fraction of sp³-hybridized carbons (Fsp3) is 0.333. The van der Waals surface area contributed by atoms with Gasteiger partial charge >= 0.3 is 0 Å². The van der Waals surface area contributed by atoms with Crippen molar-refractivity contribution in [3.05, 3.63) is 46.5 Å². The first kappa shape index (κ1) is 17.6. The molecule has 0 amide bonds. The van der Waals surface area contributed by atoms with E-state index in [1.165, 1.54) is 0 Å². The Morgan fingerprint density at radius 3 is 2.81 bits per heavy atom. The van der Waals surface area contributed by atoms with E-state index in [2.05, 4.69) is 16.3 Å². The smallest absolute Gasteiger partial charge is 0.244 e. The number of H-pyrrole nitrogens is 1. The number of nitrogens with one attached hydrogen (secondary N) is 1. The van der Waals surface area contributed by atoms with Crippen molar-refractivity contribution in [3.63, 3.8) is 0 Å². The molecule has 0 fully saturated rings. The lowest BCUT2D eigenvalue weighted by atomic mass is 9.84. The molecule has 0 bridgehead atoms. The fourth-order valence-electron chi connectivity index (χ4n) is 2.95. The number of allylic oxidation sites excluding steroid dienone is 1. The van der Waals surface area contributed by atoms with Crippen LogP contribution in [0, 0.1) is 18.3 Å². The van der Waals surface area contributed by atoms with Crippen molar-refractivity contribution < 1.29 is 18.9 Å². The van der Waals surface area contributed by atoms with E-state index in [0.717, 1.165) is 16.8 Å². The number of nitriles is 1. The first-order valence-corrected chi connectivity index (χ1v) is 8.02. The summed E-state index contributed by atoms with van der Waals surface area (Å²) >= 11 is 0. The highest BCUT2D eigenvalue weighted by molar-refractivity contribution is 5.57. The van der Waals surface area contributed by atoms with Crippen molar-refractivity contribution in [1.29, 1.82) is 5.26 Å². The summed E-state index contributed by atoms with van der Waals surface area (Å²) in [5.41, 5.74) is 8.69. The van der Waals surface area contributed by atoms with E-state index in [-0.39, 0.29) is 5.88 Å². The van der Waals surface area contributed by atoms with Crippen LogP contribution in [0.4, 0.5) is 0 Å². The van der Waals surface area contributed by atoms with Gasteiger partial charge in [0, 0.05) is 18.4 Å². The van der Waals surface area contributed by atoms with Gasteiger partial charge in [-0.2, -0.15) is 5.26 Å². The van der Waals surface area contributed by atoms with Crippen LogP contribution in [0.25, 0.3) is 0 Å². The number of nitrogens with zero attached hydrogens (tertiary/aromatic N) is 2. The van der Waals surface area contributed by atoms with Crippen LogP contribution in [0.15, 0.2) is 29.7 Å². The van der Waals surface area contributed by atoms with Crippen LogP contribution in [0.2, 0.25) is 0 Å². The summed E-state index contributed by atoms with van der Waals surface area (Å²) in [6, 6.07) is 7.67. The van der Waals surface area contributed by atoms with E-state index in [1.807, 2.05) is 19.1 Å². The second-order valence-electron chi connectivity index (χ2n) is 5.74.